The van der Waals surface area contributed by atoms with E-state index >= 15 is 0 Å². The van der Waals surface area contributed by atoms with Gasteiger partial charge in [0, 0.05) is 36.9 Å². The van der Waals surface area contributed by atoms with Crippen molar-refractivity contribution in [2.75, 3.05) is 23.0 Å². The number of anilines is 3. The van der Waals surface area contributed by atoms with Crippen molar-refractivity contribution in [3.05, 3.63) is 75.4 Å². The van der Waals surface area contributed by atoms with E-state index < -0.39 is 34.2 Å². The van der Waals surface area contributed by atoms with Gasteiger partial charge in [-0.3, -0.25) is 9.36 Å². The molecule has 186 valence electrons. The SMILES string of the molecule is CNc1ncc2cc(-c3ccc(F)c(NC(=O)Nc4ccc(Cl)c(C(F)(F)F)c4)c3)c(=O)n(C)c2n1. The molecule has 0 bridgehead atoms. The number of hydrogen-bond acceptors (Lipinski definition) is 5. The molecule has 2 aromatic carbocycles. The van der Waals surface area contributed by atoms with Gasteiger partial charge in [-0.15, -0.1) is 0 Å². The van der Waals surface area contributed by atoms with Crippen molar-refractivity contribution in [2.24, 2.45) is 7.05 Å². The minimum absolute atomic E-state index is 0.196. The molecule has 2 heterocycles. The number of pyridine rings is 1. The van der Waals surface area contributed by atoms with Crippen LogP contribution in [0.1, 0.15) is 5.56 Å². The first kappa shape index (κ1) is 24.9. The number of rotatable bonds is 4. The number of aromatic nitrogens is 3. The summed E-state index contributed by atoms with van der Waals surface area (Å²) in [6, 6.07) is 7.02. The molecule has 0 radical (unpaired) electrons. The fraction of sp³-hybridized carbons (Fsp3) is 0.130. The van der Waals surface area contributed by atoms with Crippen molar-refractivity contribution < 1.29 is 22.4 Å². The Hall–Kier alpha value is -4.19. The summed E-state index contributed by atoms with van der Waals surface area (Å²) in [5, 5.41) is 7.26. The lowest BCUT2D eigenvalue weighted by atomic mass is 10.1. The first-order valence-corrected chi connectivity index (χ1v) is 10.6. The van der Waals surface area contributed by atoms with Crippen LogP contribution in [0.25, 0.3) is 22.2 Å². The summed E-state index contributed by atoms with van der Waals surface area (Å²) in [6.07, 6.45) is -3.20. The Morgan fingerprint density at radius 1 is 1.08 bits per heavy atom. The monoisotopic (exact) mass is 520 g/mol. The predicted molar refractivity (Wildman–Crippen MR) is 129 cm³/mol. The maximum atomic E-state index is 14.5. The van der Waals surface area contributed by atoms with Gasteiger partial charge in [0.2, 0.25) is 5.95 Å². The molecule has 2 aromatic heterocycles. The molecule has 0 spiro atoms. The second kappa shape index (κ2) is 9.46. The van der Waals surface area contributed by atoms with Gasteiger partial charge in [-0.25, -0.2) is 14.2 Å². The van der Waals surface area contributed by atoms with E-state index in [1.54, 1.807) is 13.1 Å². The van der Waals surface area contributed by atoms with Crippen molar-refractivity contribution in [1.82, 2.24) is 14.5 Å². The maximum Gasteiger partial charge on any atom is 0.417 e. The molecule has 0 aliphatic rings. The van der Waals surface area contributed by atoms with Gasteiger partial charge in [0.1, 0.15) is 11.5 Å². The number of alkyl halides is 3. The minimum Gasteiger partial charge on any atom is -0.357 e. The van der Waals surface area contributed by atoms with Gasteiger partial charge < -0.3 is 16.0 Å². The zero-order valence-electron chi connectivity index (χ0n) is 18.7. The van der Waals surface area contributed by atoms with Crippen LogP contribution in [0.4, 0.5) is 39.7 Å². The highest BCUT2D eigenvalue weighted by molar-refractivity contribution is 6.31. The number of hydrogen-bond donors (Lipinski definition) is 3. The van der Waals surface area contributed by atoms with E-state index in [2.05, 4.69) is 25.9 Å². The summed E-state index contributed by atoms with van der Waals surface area (Å²) < 4.78 is 55.0. The van der Waals surface area contributed by atoms with Crippen LogP contribution in [0.15, 0.2) is 53.5 Å². The fourth-order valence-corrected chi connectivity index (χ4v) is 3.69. The third kappa shape index (κ3) is 4.93. The number of nitrogens with one attached hydrogen (secondary N) is 3. The standard InChI is InChI=1S/C23H17ClF4N6O2/c1-29-21-30-10-12-7-14(20(35)34(2)19(12)33-21)11-3-6-17(25)18(8-11)32-22(36)31-13-4-5-16(24)15(9-13)23(26,27)28/h3-10H,1-2H3,(H,29,30,33)(H2,31,32,36). The molecule has 0 atom stereocenters. The van der Waals surface area contributed by atoms with Crippen molar-refractivity contribution in [3.63, 3.8) is 0 Å². The topological polar surface area (TPSA) is 101 Å². The highest BCUT2D eigenvalue weighted by Gasteiger charge is 2.33. The Morgan fingerprint density at radius 2 is 1.83 bits per heavy atom. The van der Waals surface area contributed by atoms with Crippen LogP contribution in [0.3, 0.4) is 0 Å². The van der Waals surface area contributed by atoms with Crippen LogP contribution in [-0.4, -0.2) is 27.6 Å². The van der Waals surface area contributed by atoms with E-state index in [4.69, 9.17) is 11.6 Å². The molecule has 4 aromatic rings. The molecule has 0 saturated carbocycles. The normalized spacial score (nSPS) is 11.4. The number of carbonyl (C=O) groups excluding carboxylic acids is 1. The number of urea groups is 1. The Labute approximate surface area is 205 Å². The molecule has 3 N–H and O–H groups in total. The molecule has 0 unspecified atom stereocenters. The minimum atomic E-state index is -4.72. The molecule has 8 nitrogen and oxygen atoms in total. The van der Waals surface area contributed by atoms with Crippen LogP contribution in [0.2, 0.25) is 5.02 Å². The summed E-state index contributed by atoms with van der Waals surface area (Å²) in [6.45, 7) is 0. The number of fused-ring (bicyclic) bond motifs is 1. The Morgan fingerprint density at radius 3 is 2.53 bits per heavy atom. The van der Waals surface area contributed by atoms with E-state index in [1.165, 1.54) is 36.0 Å². The van der Waals surface area contributed by atoms with Crippen molar-refractivity contribution in [3.8, 4) is 11.1 Å². The zero-order valence-corrected chi connectivity index (χ0v) is 19.4. The van der Waals surface area contributed by atoms with E-state index in [1.807, 2.05) is 0 Å². The number of benzene rings is 2. The van der Waals surface area contributed by atoms with Gasteiger partial charge in [0.05, 0.1) is 16.3 Å². The number of nitrogens with zero attached hydrogens (tertiary/aromatic N) is 3. The number of aryl methyl sites for hydroxylation is 1. The van der Waals surface area contributed by atoms with Crippen LogP contribution < -0.4 is 21.5 Å². The Balaban J connectivity index is 1.64. The lowest BCUT2D eigenvalue weighted by Gasteiger charge is -2.13. The smallest absolute Gasteiger partial charge is 0.357 e. The molecule has 4 rings (SSSR count). The molecule has 0 fully saturated rings. The molecule has 0 aliphatic heterocycles. The van der Waals surface area contributed by atoms with Crippen LogP contribution in [0, 0.1) is 5.82 Å². The Kier molecular flexibility index (Phi) is 6.55. The third-order valence-electron chi connectivity index (χ3n) is 5.23. The zero-order chi connectivity index (χ0) is 26.2. The first-order chi connectivity index (χ1) is 17.0. The Bertz CT molecular complexity index is 1550. The first-order valence-electron chi connectivity index (χ1n) is 10.3. The van der Waals surface area contributed by atoms with Gasteiger partial charge in [0.15, 0.2) is 0 Å². The molecule has 13 heteroatoms. The maximum absolute atomic E-state index is 14.5. The lowest BCUT2D eigenvalue weighted by Crippen LogP contribution is -2.21. The van der Waals surface area contributed by atoms with E-state index in [0.717, 1.165) is 12.1 Å². The predicted octanol–water partition coefficient (Wildman–Crippen LogP) is 5.49. The number of halogens is 5. The van der Waals surface area contributed by atoms with Gasteiger partial charge in [-0.05, 0) is 42.0 Å². The highest BCUT2D eigenvalue weighted by atomic mass is 35.5. The van der Waals surface area contributed by atoms with E-state index in [9.17, 15) is 27.2 Å². The highest BCUT2D eigenvalue weighted by Crippen LogP contribution is 2.36. The van der Waals surface area contributed by atoms with E-state index in [-0.39, 0.29) is 22.5 Å². The summed E-state index contributed by atoms with van der Waals surface area (Å²) in [5.74, 6) is -0.492. The summed E-state index contributed by atoms with van der Waals surface area (Å²) in [7, 11) is 3.16. The molecular weight excluding hydrogens is 504 g/mol. The van der Waals surface area contributed by atoms with Gasteiger partial charge in [-0.1, -0.05) is 17.7 Å². The average Bonchev–Trinajstić information content (AvgIpc) is 2.83. The van der Waals surface area contributed by atoms with Crippen molar-refractivity contribution in [2.45, 2.75) is 6.18 Å². The molecule has 36 heavy (non-hydrogen) atoms. The molecule has 0 aliphatic carbocycles. The average molecular weight is 521 g/mol. The van der Waals surface area contributed by atoms with E-state index in [0.29, 0.717) is 23.0 Å². The summed E-state index contributed by atoms with van der Waals surface area (Å²) in [5.41, 5.74) is -1.19. The fourth-order valence-electron chi connectivity index (χ4n) is 3.47. The van der Waals surface area contributed by atoms with Crippen LogP contribution in [0.5, 0.6) is 0 Å². The largest absolute Gasteiger partial charge is 0.417 e. The molecular formula is C23H17ClF4N6O2. The van der Waals surface area contributed by atoms with Gasteiger partial charge >= 0.3 is 12.2 Å². The summed E-state index contributed by atoms with van der Waals surface area (Å²) >= 11 is 5.58. The van der Waals surface area contributed by atoms with Crippen LogP contribution in [-0.2, 0) is 13.2 Å². The summed E-state index contributed by atoms with van der Waals surface area (Å²) in [4.78, 5) is 33.8. The number of carbonyl (C=O) groups is 1. The van der Waals surface area contributed by atoms with Crippen LogP contribution >= 0.6 is 11.6 Å². The quantitative estimate of drug-likeness (QED) is 0.309. The van der Waals surface area contributed by atoms with Gasteiger partial charge in [0.25, 0.3) is 5.56 Å². The second-order valence-electron chi connectivity index (χ2n) is 7.61. The van der Waals surface area contributed by atoms with Crippen molar-refractivity contribution in [1.29, 1.82) is 0 Å². The third-order valence-corrected chi connectivity index (χ3v) is 5.56. The number of amides is 2. The lowest BCUT2D eigenvalue weighted by molar-refractivity contribution is -0.137. The second-order valence-corrected chi connectivity index (χ2v) is 8.02. The molecule has 2 amide bonds. The van der Waals surface area contributed by atoms with Gasteiger partial charge in [-0.2, -0.15) is 18.2 Å². The molecule has 0 saturated heterocycles. The van der Waals surface area contributed by atoms with Crippen molar-refractivity contribution >= 4 is 46.0 Å².